The molecule has 6 heteroatoms. The molecule has 0 rings (SSSR count). The zero-order chi connectivity index (χ0) is 0. The van der Waals surface area contributed by atoms with Crippen molar-refractivity contribution in [1.82, 2.24) is 0 Å². The molecular formula is H3BiInPSnZnZr. The second-order valence-corrected chi connectivity index (χ2v) is 0. The minimum Gasteiger partial charge on any atom is -0.153 e. The van der Waals surface area contributed by atoms with Gasteiger partial charge >= 0.3 is 0 Å². The zero-order valence-corrected chi connectivity index (χ0v) is 19.9. The topological polar surface area (TPSA) is 0 Å². The molecule has 0 aliphatic heterocycles. The molecule has 1 unspecified atom stereocenters. The Balaban J connectivity index is 0. The van der Waals surface area contributed by atoms with Crippen molar-refractivity contribution in [2.24, 2.45) is 0 Å². The van der Waals surface area contributed by atoms with Gasteiger partial charge in [0.25, 0.3) is 0 Å². The van der Waals surface area contributed by atoms with Gasteiger partial charge in [-0.1, -0.05) is 0 Å². The molecule has 0 saturated carbocycles. The van der Waals surface area contributed by atoms with E-state index >= 15 is 0 Å². The van der Waals surface area contributed by atoms with Crippen molar-refractivity contribution >= 4 is 85.9 Å². The van der Waals surface area contributed by atoms with Crippen LogP contribution in [-0.2, 0) is 45.7 Å². The van der Waals surface area contributed by atoms with Gasteiger partial charge in [-0.3, -0.25) is 0 Å². The van der Waals surface area contributed by atoms with Gasteiger partial charge in [0.2, 0.25) is 0 Å². The van der Waals surface area contributed by atoms with Crippen LogP contribution in [0.5, 0.6) is 0 Å². The quantitative estimate of drug-likeness (QED) is 0.236. The molecule has 10 radical (unpaired) electrons. The Morgan fingerprint density at radius 2 is 1.00 bits per heavy atom. The largest absolute Gasteiger partial charge is 0.153 e. The molecule has 1 atom stereocenters. The summed E-state index contributed by atoms with van der Waals surface area (Å²) in [5.74, 6) is 0. The summed E-state index contributed by atoms with van der Waals surface area (Å²) in [4.78, 5) is 0. The van der Waals surface area contributed by atoms with Crippen LogP contribution in [0, 0.1) is 0 Å². The molecule has 0 spiro atoms. The van der Waals surface area contributed by atoms with Gasteiger partial charge in [-0.2, -0.15) is 9.90 Å². The Kier molecular flexibility index (Phi) is 265. The van der Waals surface area contributed by atoms with Crippen LogP contribution < -0.4 is 0 Å². The average molecular weight is 633 g/mol. The molecule has 0 aromatic rings. The molecule has 26 valence electrons. The first-order valence-corrected chi connectivity index (χ1v) is 0. The Labute approximate surface area is 128 Å². The van der Waals surface area contributed by atoms with Crippen LogP contribution >= 0.6 is 9.90 Å². The Morgan fingerprint density at radius 1 is 1.00 bits per heavy atom. The van der Waals surface area contributed by atoms with Crippen molar-refractivity contribution < 1.29 is 45.7 Å². The molecule has 0 aliphatic carbocycles. The summed E-state index contributed by atoms with van der Waals surface area (Å²) in [6.07, 6.45) is 0. The summed E-state index contributed by atoms with van der Waals surface area (Å²) in [5, 5.41) is 0. The second kappa shape index (κ2) is 33.9. The number of hydrogen-bond donors (Lipinski definition) is 0. The van der Waals surface area contributed by atoms with Crippen LogP contribution in [0.1, 0.15) is 0 Å². The van der Waals surface area contributed by atoms with E-state index < -0.39 is 0 Å². The first-order valence-electron chi connectivity index (χ1n) is 0. The molecular weight excluding hydrogens is 630 g/mol. The van der Waals surface area contributed by atoms with Crippen LogP contribution in [0.15, 0.2) is 0 Å². The second-order valence-electron chi connectivity index (χ2n) is 0. The number of hydrogen-bond acceptors (Lipinski definition) is 0. The maximum absolute atomic E-state index is 0. The Bertz CT molecular complexity index is 15.5. The minimum absolute atomic E-state index is 0. The normalized spacial score (nSPS) is 0. The van der Waals surface area contributed by atoms with Gasteiger partial charge in [-0.05, 0) is 0 Å². The van der Waals surface area contributed by atoms with E-state index in [0.717, 1.165) is 0 Å². The molecule has 0 amide bonds. The summed E-state index contributed by atoms with van der Waals surface area (Å²) in [6, 6.07) is 0. The van der Waals surface area contributed by atoms with Gasteiger partial charge in [0.1, 0.15) is 0 Å². The molecule has 0 nitrogen and oxygen atoms in total. The first kappa shape index (κ1) is 46.9. The van der Waals surface area contributed by atoms with Crippen LogP contribution in [0.2, 0.25) is 0 Å². The monoisotopic (exact) mass is 632 g/mol. The Hall–Kier alpha value is 4.49. The van der Waals surface area contributed by atoms with Crippen molar-refractivity contribution in [3.05, 3.63) is 0 Å². The summed E-state index contributed by atoms with van der Waals surface area (Å²) < 4.78 is 0. The van der Waals surface area contributed by atoms with E-state index in [2.05, 4.69) is 0 Å². The summed E-state index contributed by atoms with van der Waals surface area (Å²) in [5.41, 5.74) is 0. The van der Waals surface area contributed by atoms with Crippen LogP contribution in [0.3, 0.4) is 0 Å². The molecule has 0 aromatic carbocycles. The molecule has 0 fully saturated rings. The third kappa shape index (κ3) is 23.6. The van der Waals surface area contributed by atoms with Crippen molar-refractivity contribution in [1.29, 1.82) is 0 Å². The molecule has 6 heavy (non-hydrogen) atoms. The van der Waals surface area contributed by atoms with E-state index in [1.807, 2.05) is 0 Å². The summed E-state index contributed by atoms with van der Waals surface area (Å²) in [6.45, 7) is 0. The van der Waals surface area contributed by atoms with Gasteiger partial charge in [0.05, 0.1) is 0 Å². The fraction of sp³-hybridized carbons (Fsp3) is 0. The van der Waals surface area contributed by atoms with Crippen molar-refractivity contribution in [2.75, 3.05) is 0 Å². The molecule has 0 aromatic heterocycles. The average Bonchev–Trinajstić information content (AvgIpc) is 0. The van der Waals surface area contributed by atoms with Crippen molar-refractivity contribution in [2.45, 2.75) is 0 Å². The van der Waals surface area contributed by atoms with Gasteiger partial charge < -0.3 is 0 Å². The predicted molar refractivity (Wildman–Crippen MR) is 28.4 cm³/mol. The predicted octanol–water partition coefficient (Wildman–Crippen LogP) is -1.09. The van der Waals surface area contributed by atoms with Gasteiger partial charge in [-0.15, -0.1) is 0 Å². The molecule has 0 aliphatic rings. The van der Waals surface area contributed by atoms with Gasteiger partial charge in [-0.25, -0.2) is 0 Å². The molecule has 0 saturated heterocycles. The maximum atomic E-state index is 0. The fourth-order valence-corrected chi connectivity index (χ4v) is 0. The van der Waals surface area contributed by atoms with E-state index in [9.17, 15) is 0 Å². The summed E-state index contributed by atoms with van der Waals surface area (Å²) in [7, 11) is 0. The third-order valence-corrected chi connectivity index (χ3v) is 0. The van der Waals surface area contributed by atoms with E-state index in [1.165, 1.54) is 0 Å². The number of rotatable bonds is 0. The third-order valence-electron chi connectivity index (χ3n) is 0. The molecule has 0 bridgehead atoms. The first-order chi connectivity index (χ1) is 0. The smallest absolute Gasteiger partial charge is 0 e. The van der Waals surface area contributed by atoms with Crippen LogP contribution in [0.4, 0.5) is 0 Å². The van der Waals surface area contributed by atoms with Gasteiger partial charge in [0.15, 0.2) is 0 Å². The van der Waals surface area contributed by atoms with Crippen molar-refractivity contribution in [3.8, 4) is 0 Å². The van der Waals surface area contributed by atoms with E-state index in [1.54, 1.807) is 0 Å². The Morgan fingerprint density at radius 3 is 1.00 bits per heavy atom. The molecule has 0 N–H and O–H groups in total. The van der Waals surface area contributed by atoms with E-state index in [0.29, 0.717) is 0 Å². The SMILES string of the molecule is P.[Bi].[In].[Sn].[Zn].[Zr]. The van der Waals surface area contributed by atoms with Crippen molar-refractivity contribution in [3.63, 3.8) is 0 Å². The standard InChI is InChI=1S/Bi.In.H3P.Sn.Zn.Zr/h;;1H3;;;. The van der Waals surface area contributed by atoms with Crippen LogP contribution in [0.25, 0.3) is 0 Å². The van der Waals surface area contributed by atoms with E-state index in [-0.39, 0.29) is 132 Å². The van der Waals surface area contributed by atoms with Crippen LogP contribution in [-0.4, -0.2) is 76.0 Å². The maximum Gasteiger partial charge on any atom is 0 e. The van der Waals surface area contributed by atoms with Gasteiger partial charge in [0, 0.05) is 122 Å². The summed E-state index contributed by atoms with van der Waals surface area (Å²) >= 11 is 0. The van der Waals surface area contributed by atoms with E-state index in [4.69, 9.17) is 0 Å². The molecule has 0 heterocycles. The minimum atomic E-state index is 0. The fourth-order valence-electron chi connectivity index (χ4n) is 0. The zero-order valence-electron chi connectivity index (χ0n) is 3.44.